The summed E-state index contributed by atoms with van der Waals surface area (Å²) in [6, 6.07) is 0. The summed E-state index contributed by atoms with van der Waals surface area (Å²) >= 11 is 0. The van der Waals surface area contributed by atoms with Gasteiger partial charge in [-0.3, -0.25) is 0 Å². The van der Waals surface area contributed by atoms with Crippen molar-refractivity contribution >= 4 is 7.32 Å². The van der Waals surface area contributed by atoms with Crippen molar-refractivity contribution in [3.63, 3.8) is 0 Å². The van der Waals surface area contributed by atoms with E-state index in [1.807, 2.05) is 0 Å². The number of rotatable bonds is 2. The molecule has 3 nitrogen and oxygen atoms in total. The molecule has 0 saturated carbocycles. The molecule has 68 valence electrons. The molecule has 0 saturated heterocycles. The molecule has 0 amide bonds. The second kappa shape index (κ2) is 3.41. The molecular formula is C6H9BF2O3. The van der Waals surface area contributed by atoms with Crippen LogP contribution in [-0.4, -0.2) is 23.3 Å². The summed E-state index contributed by atoms with van der Waals surface area (Å²) in [6.45, 7) is 0. The van der Waals surface area contributed by atoms with E-state index < -0.39 is 19.7 Å². The highest BCUT2D eigenvalue weighted by atomic mass is 19.3. The quantitative estimate of drug-likeness (QED) is 0.611. The number of alkyl halides is 2. The number of hydrogen-bond donors (Lipinski definition) is 2. The Labute approximate surface area is 68.8 Å². The Morgan fingerprint density at radius 3 is 2.58 bits per heavy atom. The van der Waals surface area contributed by atoms with Crippen LogP contribution in [0.25, 0.3) is 0 Å². The molecular weight excluding hydrogens is 169 g/mol. The molecule has 0 radical (unpaired) electrons. The Hall–Kier alpha value is -0.615. The summed E-state index contributed by atoms with van der Waals surface area (Å²) in [7, 11) is -1.91. The minimum absolute atomic E-state index is 0.0463. The first-order valence-electron chi connectivity index (χ1n) is 3.59. The van der Waals surface area contributed by atoms with Crippen LogP contribution in [0.2, 0.25) is 0 Å². The molecule has 0 aromatic heterocycles. The maximum absolute atomic E-state index is 12.5. The summed E-state index contributed by atoms with van der Waals surface area (Å²) in [4.78, 5) is 0. The van der Waals surface area contributed by atoms with E-state index in [9.17, 15) is 8.78 Å². The lowest BCUT2D eigenvalue weighted by Gasteiger charge is -2.21. The minimum atomic E-state index is -2.67. The Morgan fingerprint density at radius 2 is 2.17 bits per heavy atom. The van der Waals surface area contributed by atoms with E-state index in [4.69, 9.17) is 10.0 Å². The van der Waals surface area contributed by atoms with Crippen molar-refractivity contribution in [1.82, 2.24) is 0 Å². The van der Waals surface area contributed by atoms with Crippen molar-refractivity contribution in [1.29, 1.82) is 0 Å². The SMILES string of the molecule is OB(O)OC1=CCC(F)(F)CC1. The van der Waals surface area contributed by atoms with Crippen LogP contribution >= 0.6 is 0 Å². The summed E-state index contributed by atoms with van der Waals surface area (Å²) in [5, 5.41) is 16.7. The third-order valence-corrected chi connectivity index (χ3v) is 1.62. The zero-order chi connectivity index (χ0) is 9.19. The molecule has 0 fully saturated rings. The van der Waals surface area contributed by atoms with Gasteiger partial charge in [0.05, 0.1) is 5.76 Å². The second-order valence-corrected chi connectivity index (χ2v) is 2.67. The van der Waals surface area contributed by atoms with Gasteiger partial charge in [0.25, 0.3) is 5.92 Å². The summed E-state index contributed by atoms with van der Waals surface area (Å²) in [6.07, 6.45) is 0.536. The molecule has 0 aliphatic heterocycles. The second-order valence-electron chi connectivity index (χ2n) is 2.67. The standard InChI is InChI=1S/C6H9BF2O3/c8-6(9)3-1-5(2-4-6)12-7(10)11/h1,10-11H,2-4H2. The Kier molecular flexibility index (Phi) is 2.69. The number of halogens is 2. The topological polar surface area (TPSA) is 49.7 Å². The van der Waals surface area contributed by atoms with Gasteiger partial charge in [-0.25, -0.2) is 8.78 Å². The molecule has 0 heterocycles. The number of hydrogen-bond acceptors (Lipinski definition) is 3. The highest BCUT2D eigenvalue weighted by Crippen LogP contribution is 2.32. The summed E-state index contributed by atoms with van der Waals surface area (Å²) in [5.74, 6) is -2.45. The lowest BCUT2D eigenvalue weighted by Crippen LogP contribution is -2.23. The van der Waals surface area contributed by atoms with Crippen molar-refractivity contribution in [3.8, 4) is 0 Å². The van der Waals surface area contributed by atoms with E-state index in [2.05, 4.69) is 4.65 Å². The number of allylic oxidation sites excluding steroid dienone is 2. The van der Waals surface area contributed by atoms with E-state index in [-0.39, 0.29) is 18.6 Å². The van der Waals surface area contributed by atoms with Crippen molar-refractivity contribution in [2.24, 2.45) is 0 Å². The molecule has 0 aromatic carbocycles. The monoisotopic (exact) mass is 178 g/mol. The van der Waals surface area contributed by atoms with Crippen LogP contribution in [0.1, 0.15) is 19.3 Å². The molecule has 0 spiro atoms. The average molecular weight is 178 g/mol. The normalized spacial score (nSPS) is 21.5. The maximum Gasteiger partial charge on any atom is 0.707 e. The van der Waals surface area contributed by atoms with Gasteiger partial charge in [0, 0.05) is 19.3 Å². The Morgan fingerprint density at radius 1 is 1.50 bits per heavy atom. The van der Waals surface area contributed by atoms with Crippen LogP contribution in [0.15, 0.2) is 11.8 Å². The van der Waals surface area contributed by atoms with Crippen LogP contribution in [0, 0.1) is 0 Å². The third kappa shape index (κ3) is 2.79. The molecule has 0 atom stereocenters. The first-order valence-corrected chi connectivity index (χ1v) is 3.59. The molecule has 0 aromatic rings. The lowest BCUT2D eigenvalue weighted by molar-refractivity contribution is -0.0138. The van der Waals surface area contributed by atoms with E-state index in [1.165, 1.54) is 6.08 Å². The van der Waals surface area contributed by atoms with Gasteiger partial charge in [-0.2, -0.15) is 0 Å². The Balaban J connectivity index is 2.45. The highest BCUT2D eigenvalue weighted by molar-refractivity contribution is 6.33. The van der Waals surface area contributed by atoms with Gasteiger partial charge in [0.15, 0.2) is 0 Å². The van der Waals surface area contributed by atoms with Crippen LogP contribution in [0.4, 0.5) is 8.78 Å². The van der Waals surface area contributed by atoms with Crippen molar-refractivity contribution < 1.29 is 23.5 Å². The van der Waals surface area contributed by atoms with Gasteiger partial charge in [-0.05, 0) is 6.08 Å². The first kappa shape index (κ1) is 9.47. The van der Waals surface area contributed by atoms with Gasteiger partial charge in [0.1, 0.15) is 0 Å². The molecule has 1 rings (SSSR count). The fraction of sp³-hybridized carbons (Fsp3) is 0.667. The fourth-order valence-electron chi connectivity index (χ4n) is 1.02. The van der Waals surface area contributed by atoms with Crippen LogP contribution in [0.3, 0.4) is 0 Å². The van der Waals surface area contributed by atoms with Gasteiger partial charge < -0.3 is 14.7 Å². The molecule has 6 heteroatoms. The smallest absolute Gasteiger partial charge is 0.516 e. The van der Waals surface area contributed by atoms with E-state index in [0.29, 0.717) is 0 Å². The molecule has 0 bridgehead atoms. The molecule has 0 unspecified atom stereocenters. The third-order valence-electron chi connectivity index (χ3n) is 1.62. The van der Waals surface area contributed by atoms with Gasteiger partial charge in [-0.15, -0.1) is 0 Å². The largest absolute Gasteiger partial charge is 0.707 e. The lowest BCUT2D eigenvalue weighted by atomic mass is 10.0. The minimum Gasteiger partial charge on any atom is -0.516 e. The predicted octanol–water partition coefficient (Wildman–Crippen LogP) is 0.676. The van der Waals surface area contributed by atoms with E-state index in [0.717, 1.165) is 0 Å². The van der Waals surface area contributed by atoms with Crippen molar-refractivity contribution in [3.05, 3.63) is 11.8 Å². The van der Waals surface area contributed by atoms with Crippen LogP contribution < -0.4 is 0 Å². The fourth-order valence-corrected chi connectivity index (χ4v) is 1.02. The van der Waals surface area contributed by atoms with E-state index in [1.54, 1.807) is 0 Å². The van der Waals surface area contributed by atoms with Gasteiger partial charge >= 0.3 is 7.32 Å². The highest BCUT2D eigenvalue weighted by Gasteiger charge is 2.32. The van der Waals surface area contributed by atoms with E-state index >= 15 is 0 Å². The first-order chi connectivity index (χ1) is 5.49. The zero-order valence-corrected chi connectivity index (χ0v) is 6.33. The van der Waals surface area contributed by atoms with Crippen molar-refractivity contribution in [2.45, 2.75) is 25.2 Å². The Bertz CT molecular complexity index is 193. The molecule has 1 aliphatic rings. The average Bonchev–Trinajstić information content (AvgIpc) is 1.93. The van der Waals surface area contributed by atoms with Gasteiger partial charge in [-0.1, -0.05) is 0 Å². The van der Waals surface area contributed by atoms with Gasteiger partial charge in [0.2, 0.25) is 0 Å². The molecule has 12 heavy (non-hydrogen) atoms. The summed E-state index contributed by atoms with van der Waals surface area (Å²) in [5.41, 5.74) is 0. The molecule has 2 N–H and O–H groups in total. The van der Waals surface area contributed by atoms with Crippen LogP contribution in [-0.2, 0) is 4.65 Å². The van der Waals surface area contributed by atoms with Crippen molar-refractivity contribution in [2.75, 3.05) is 0 Å². The van der Waals surface area contributed by atoms with Crippen LogP contribution in [0.5, 0.6) is 0 Å². The maximum atomic E-state index is 12.5. The molecule has 1 aliphatic carbocycles. The summed E-state index contributed by atoms with van der Waals surface area (Å²) < 4.78 is 29.4. The predicted molar refractivity (Wildman–Crippen MR) is 38.2 cm³/mol. The zero-order valence-electron chi connectivity index (χ0n) is 6.33.